The van der Waals surface area contributed by atoms with E-state index in [4.69, 9.17) is 4.42 Å². The predicted molar refractivity (Wildman–Crippen MR) is 63.9 cm³/mol. The van der Waals surface area contributed by atoms with Gasteiger partial charge >= 0.3 is 0 Å². The van der Waals surface area contributed by atoms with Gasteiger partial charge in [0.1, 0.15) is 11.5 Å². The first-order chi connectivity index (χ1) is 7.31. The van der Waals surface area contributed by atoms with Gasteiger partial charge in [-0.15, -0.1) is 0 Å². The molecule has 1 aliphatic rings. The fraction of sp³-hybridized carbons (Fsp3) is 0.571. The van der Waals surface area contributed by atoms with E-state index in [9.17, 15) is 0 Å². The normalized spacial score (nSPS) is 15.7. The Balaban J connectivity index is 2.25. The fourth-order valence-electron chi connectivity index (χ4n) is 2.27. The van der Waals surface area contributed by atoms with Gasteiger partial charge in [0.25, 0.3) is 0 Å². The Morgan fingerprint density at radius 1 is 1.40 bits per heavy atom. The number of rotatable bonds is 3. The molecular formula is C14H20O. The van der Waals surface area contributed by atoms with Crippen molar-refractivity contribution in [1.82, 2.24) is 0 Å². The summed E-state index contributed by atoms with van der Waals surface area (Å²) in [5, 5.41) is 0. The van der Waals surface area contributed by atoms with Gasteiger partial charge in [-0.1, -0.05) is 19.4 Å². The number of hydrogen-bond acceptors (Lipinski definition) is 1. The van der Waals surface area contributed by atoms with Crippen LogP contribution in [0.4, 0.5) is 0 Å². The van der Waals surface area contributed by atoms with Crippen LogP contribution in [0.3, 0.4) is 0 Å². The summed E-state index contributed by atoms with van der Waals surface area (Å²) >= 11 is 0. The van der Waals surface area contributed by atoms with Gasteiger partial charge in [-0.3, -0.25) is 0 Å². The summed E-state index contributed by atoms with van der Waals surface area (Å²) < 4.78 is 5.76. The summed E-state index contributed by atoms with van der Waals surface area (Å²) in [6.07, 6.45) is 9.73. The number of unbranched alkanes of at least 4 members (excludes halogenated alkanes) is 1. The molecule has 0 saturated heterocycles. The summed E-state index contributed by atoms with van der Waals surface area (Å²) in [6, 6.07) is 2.21. The van der Waals surface area contributed by atoms with E-state index in [0.29, 0.717) is 0 Å². The molecule has 2 rings (SSSR count). The smallest absolute Gasteiger partial charge is 0.111 e. The van der Waals surface area contributed by atoms with Crippen molar-refractivity contribution in [3.8, 4) is 0 Å². The minimum Gasteiger partial charge on any atom is -0.466 e. The molecule has 0 spiro atoms. The highest BCUT2D eigenvalue weighted by Crippen LogP contribution is 2.31. The molecule has 0 radical (unpaired) electrons. The fourth-order valence-corrected chi connectivity index (χ4v) is 2.27. The van der Waals surface area contributed by atoms with Crippen molar-refractivity contribution >= 4 is 5.57 Å². The van der Waals surface area contributed by atoms with E-state index in [1.165, 1.54) is 49.0 Å². The highest BCUT2D eigenvalue weighted by Gasteiger charge is 2.15. The van der Waals surface area contributed by atoms with Crippen molar-refractivity contribution in [2.75, 3.05) is 0 Å². The van der Waals surface area contributed by atoms with E-state index in [1.54, 1.807) is 0 Å². The molecular weight excluding hydrogens is 184 g/mol. The molecule has 1 aliphatic carbocycles. The molecule has 0 bridgehead atoms. The van der Waals surface area contributed by atoms with Crippen LogP contribution in [-0.4, -0.2) is 0 Å². The zero-order valence-electron chi connectivity index (χ0n) is 9.81. The number of furan rings is 1. The Morgan fingerprint density at radius 2 is 2.27 bits per heavy atom. The second-order valence-corrected chi connectivity index (χ2v) is 4.42. The van der Waals surface area contributed by atoms with Crippen molar-refractivity contribution in [2.45, 2.75) is 52.4 Å². The van der Waals surface area contributed by atoms with E-state index >= 15 is 0 Å². The number of fused-ring (bicyclic) bond motifs is 1. The van der Waals surface area contributed by atoms with Gasteiger partial charge in [0.05, 0.1) is 0 Å². The average Bonchev–Trinajstić information content (AvgIpc) is 2.49. The molecule has 1 aromatic rings. The monoisotopic (exact) mass is 204 g/mol. The lowest BCUT2D eigenvalue weighted by Gasteiger charge is -2.03. The first-order valence-corrected chi connectivity index (χ1v) is 6.10. The van der Waals surface area contributed by atoms with Crippen molar-refractivity contribution < 1.29 is 4.42 Å². The lowest BCUT2D eigenvalue weighted by atomic mass is 10.0. The van der Waals surface area contributed by atoms with Crippen molar-refractivity contribution in [3.63, 3.8) is 0 Å². The zero-order chi connectivity index (χ0) is 10.7. The number of allylic oxidation sites excluding steroid dienone is 2. The summed E-state index contributed by atoms with van der Waals surface area (Å²) in [4.78, 5) is 0. The highest BCUT2D eigenvalue weighted by atomic mass is 16.3. The summed E-state index contributed by atoms with van der Waals surface area (Å²) in [5.41, 5.74) is 2.90. The van der Waals surface area contributed by atoms with Gasteiger partial charge in [0, 0.05) is 12.0 Å². The predicted octanol–water partition coefficient (Wildman–Crippen LogP) is 4.50. The van der Waals surface area contributed by atoms with Crippen LogP contribution in [0.5, 0.6) is 0 Å². The Labute approximate surface area is 92.2 Å². The molecule has 0 N–H and O–H groups in total. The molecule has 0 aliphatic heterocycles. The summed E-state index contributed by atoms with van der Waals surface area (Å²) in [5.74, 6) is 2.27. The maximum atomic E-state index is 5.76. The maximum absolute atomic E-state index is 5.76. The maximum Gasteiger partial charge on any atom is 0.111 e. The lowest BCUT2D eigenvalue weighted by molar-refractivity contribution is 0.478. The summed E-state index contributed by atoms with van der Waals surface area (Å²) in [7, 11) is 0. The van der Waals surface area contributed by atoms with E-state index in [1.807, 2.05) is 6.92 Å². The zero-order valence-corrected chi connectivity index (χ0v) is 9.81. The van der Waals surface area contributed by atoms with Crippen molar-refractivity contribution in [1.29, 1.82) is 0 Å². The molecule has 0 aromatic carbocycles. The largest absolute Gasteiger partial charge is 0.466 e. The van der Waals surface area contributed by atoms with Crippen molar-refractivity contribution in [3.05, 3.63) is 29.2 Å². The number of hydrogen-bond donors (Lipinski definition) is 0. The summed E-state index contributed by atoms with van der Waals surface area (Å²) in [6.45, 7) is 4.30. The van der Waals surface area contributed by atoms with Crippen molar-refractivity contribution in [2.24, 2.45) is 0 Å². The minimum absolute atomic E-state index is 1.06. The van der Waals surface area contributed by atoms with Crippen LogP contribution >= 0.6 is 0 Å². The molecule has 1 nitrogen and oxygen atoms in total. The molecule has 0 atom stereocenters. The quantitative estimate of drug-likeness (QED) is 0.706. The third kappa shape index (κ3) is 2.34. The van der Waals surface area contributed by atoms with Gasteiger partial charge in [0.2, 0.25) is 0 Å². The standard InChI is InChI=1S/C14H20O/c1-3-4-7-12-8-5-6-9-14-13(12)10-11(2)15-14/h8,10H,3-7,9H2,1-2H3. The Hall–Kier alpha value is -0.980. The van der Waals surface area contributed by atoms with Crippen LogP contribution in [0, 0.1) is 6.92 Å². The highest BCUT2D eigenvalue weighted by molar-refractivity contribution is 5.68. The van der Waals surface area contributed by atoms with E-state index in [0.717, 1.165) is 12.2 Å². The third-order valence-electron chi connectivity index (χ3n) is 3.08. The van der Waals surface area contributed by atoms with Gasteiger partial charge < -0.3 is 4.42 Å². The van der Waals surface area contributed by atoms with Crippen LogP contribution in [0.2, 0.25) is 0 Å². The minimum atomic E-state index is 1.06. The van der Waals surface area contributed by atoms with E-state index in [-0.39, 0.29) is 0 Å². The Morgan fingerprint density at radius 3 is 3.07 bits per heavy atom. The van der Waals surface area contributed by atoms with Gasteiger partial charge in [-0.2, -0.15) is 0 Å². The molecule has 82 valence electrons. The molecule has 0 fully saturated rings. The molecule has 1 heteroatoms. The second kappa shape index (κ2) is 4.69. The van der Waals surface area contributed by atoms with Crippen LogP contribution in [0.15, 0.2) is 16.6 Å². The van der Waals surface area contributed by atoms with Crippen LogP contribution in [0.25, 0.3) is 5.57 Å². The Kier molecular flexibility index (Phi) is 3.30. The first-order valence-electron chi connectivity index (χ1n) is 6.10. The van der Waals surface area contributed by atoms with Gasteiger partial charge in [0.15, 0.2) is 0 Å². The van der Waals surface area contributed by atoms with Gasteiger partial charge in [-0.05, 0) is 44.2 Å². The molecule has 1 heterocycles. The first kappa shape index (κ1) is 10.5. The lowest BCUT2D eigenvalue weighted by Crippen LogP contribution is -1.86. The second-order valence-electron chi connectivity index (χ2n) is 4.42. The molecule has 0 saturated carbocycles. The molecule has 15 heavy (non-hydrogen) atoms. The molecule has 1 aromatic heterocycles. The Bertz CT molecular complexity index is 357. The number of aryl methyl sites for hydroxylation is 2. The van der Waals surface area contributed by atoms with Gasteiger partial charge in [-0.25, -0.2) is 0 Å². The molecule has 0 unspecified atom stereocenters. The van der Waals surface area contributed by atoms with E-state index in [2.05, 4.69) is 19.1 Å². The topological polar surface area (TPSA) is 13.1 Å². The molecule has 0 amide bonds. The average molecular weight is 204 g/mol. The third-order valence-corrected chi connectivity index (χ3v) is 3.08. The van der Waals surface area contributed by atoms with Crippen LogP contribution in [-0.2, 0) is 6.42 Å². The van der Waals surface area contributed by atoms with Crippen LogP contribution in [0.1, 0.15) is 56.1 Å². The van der Waals surface area contributed by atoms with Crippen LogP contribution < -0.4 is 0 Å². The van der Waals surface area contributed by atoms with E-state index < -0.39 is 0 Å². The SMILES string of the molecule is CCCCC1=CCCCc2oc(C)cc21.